The highest BCUT2D eigenvalue weighted by Gasteiger charge is 2.64. The van der Waals surface area contributed by atoms with Gasteiger partial charge in [-0.1, -0.05) is 66.2 Å². The van der Waals surface area contributed by atoms with E-state index in [-0.39, 0.29) is 23.8 Å². The molecular weight excluding hydrogens is 500 g/mol. The summed E-state index contributed by atoms with van der Waals surface area (Å²) >= 11 is 0. The molecule has 3 aliphatic rings. The molecule has 1 aliphatic carbocycles. The fourth-order valence-corrected chi connectivity index (χ4v) is 8.02. The van der Waals surface area contributed by atoms with Gasteiger partial charge in [0.05, 0.1) is 29.8 Å². The molecule has 0 saturated carbocycles. The summed E-state index contributed by atoms with van der Waals surface area (Å²) in [7, 11) is -2.70. The maximum atomic E-state index is 14.1. The molecule has 3 aromatic rings. The summed E-state index contributed by atoms with van der Waals surface area (Å²) in [5, 5.41) is 3.19. The van der Waals surface area contributed by atoms with E-state index < -0.39 is 26.9 Å². The second-order valence-corrected chi connectivity index (χ2v) is 12.2. The maximum absolute atomic E-state index is 14.1. The van der Waals surface area contributed by atoms with Crippen molar-refractivity contribution in [2.45, 2.75) is 36.6 Å². The minimum atomic E-state index is -4.02. The van der Waals surface area contributed by atoms with Crippen molar-refractivity contribution in [3.05, 3.63) is 95.6 Å². The number of aryl methyl sites for hydroxylation is 1. The van der Waals surface area contributed by atoms with Crippen LogP contribution in [0.15, 0.2) is 83.8 Å². The molecule has 1 amide bonds. The number of carbonyl (C=O) groups is 2. The average Bonchev–Trinajstić information content (AvgIpc) is 3.44. The molecule has 38 heavy (non-hydrogen) atoms. The molecule has 1 saturated heterocycles. The van der Waals surface area contributed by atoms with Gasteiger partial charge in [-0.05, 0) is 54.7 Å². The van der Waals surface area contributed by atoms with Crippen LogP contribution in [-0.4, -0.2) is 39.5 Å². The Bertz CT molecular complexity index is 1600. The molecule has 1 spiro atoms. The number of methoxy groups -OCH3 is 1. The number of carbonyl (C=O) groups excluding carboxylic acids is 2. The van der Waals surface area contributed by atoms with E-state index in [2.05, 4.69) is 5.32 Å². The van der Waals surface area contributed by atoms with Gasteiger partial charge in [0, 0.05) is 12.0 Å². The first-order chi connectivity index (χ1) is 18.2. The van der Waals surface area contributed by atoms with Crippen LogP contribution in [-0.2, 0) is 24.3 Å². The molecule has 0 bridgehead atoms. The van der Waals surface area contributed by atoms with Gasteiger partial charge >= 0.3 is 5.97 Å². The van der Waals surface area contributed by atoms with E-state index in [9.17, 15) is 18.0 Å². The summed E-state index contributed by atoms with van der Waals surface area (Å²) < 4.78 is 35.0. The zero-order valence-corrected chi connectivity index (χ0v) is 22.0. The number of hydrogen-bond donors (Lipinski definition) is 1. The zero-order chi connectivity index (χ0) is 26.7. The van der Waals surface area contributed by atoms with Crippen LogP contribution in [0.1, 0.15) is 36.0 Å². The summed E-state index contributed by atoms with van der Waals surface area (Å²) in [6.07, 6.45) is 1.05. The third kappa shape index (κ3) is 3.43. The molecule has 194 valence electrons. The van der Waals surface area contributed by atoms with Crippen molar-refractivity contribution in [2.75, 3.05) is 18.0 Å². The van der Waals surface area contributed by atoms with Crippen LogP contribution in [0.4, 0.5) is 5.69 Å². The van der Waals surface area contributed by atoms with Crippen molar-refractivity contribution in [2.24, 2.45) is 5.41 Å². The number of para-hydroxylation sites is 1. The normalized spacial score (nSPS) is 24.3. The molecule has 0 radical (unpaired) electrons. The predicted molar refractivity (Wildman–Crippen MR) is 145 cm³/mol. The highest BCUT2D eigenvalue weighted by atomic mass is 32.2. The third-order valence-corrected chi connectivity index (χ3v) is 9.85. The number of nitrogens with zero attached hydrogens (tertiary/aromatic N) is 1. The molecule has 1 N–H and O–H groups in total. The fraction of sp³-hybridized carbons (Fsp3) is 0.267. The first-order valence-corrected chi connectivity index (χ1v) is 14.0. The molecule has 8 heteroatoms. The highest BCUT2D eigenvalue weighted by molar-refractivity contribution is 7.92. The second-order valence-electron chi connectivity index (χ2n) is 10.3. The number of fused-ring (bicyclic) bond motifs is 3. The molecule has 2 unspecified atom stereocenters. The lowest BCUT2D eigenvalue weighted by Gasteiger charge is -2.42. The van der Waals surface area contributed by atoms with E-state index in [0.717, 1.165) is 22.3 Å². The number of esters is 1. The van der Waals surface area contributed by atoms with Crippen molar-refractivity contribution in [3.63, 3.8) is 0 Å². The van der Waals surface area contributed by atoms with Gasteiger partial charge in [-0.2, -0.15) is 0 Å². The number of anilines is 1. The van der Waals surface area contributed by atoms with Gasteiger partial charge in [-0.25, -0.2) is 8.42 Å². The number of amides is 1. The molecule has 2 aliphatic heterocycles. The summed E-state index contributed by atoms with van der Waals surface area (Å²) in [4.78, 5) is 26.6. The van der Waals surface area contributed by atoms with Gasteiger partial charge in [0.1, 0.15) is 5.41 Å². The molecule has 3 aromatic carbocycles. The summed E-state index contributed by atoms with van der Waals surface area (Å²) in [6, 6.07) is 23.7. The van der Waals surface area contributed by atoms with E-state index in [1.54, 1.807) is 36.4 Å². The van der Waals surface area contributed by atoms with E-state index in [0.29, 0.717) is 24.1 Å². The van der Waals surface area contributed by atoms with Gasteiger partial charge in [0.2, 0.25) is 5.91 Å². The predicted octanol–water partition coefficient (Wildman–Crippen LogP) is 4.33. The van der Waals surface area contributed by atoms with E-state index >= 15 is 0 Å². The van der Waals surface area contributed by atoms with Crippen molar-refractivity contribution in [3.8, 4) is 0 Å². The maximum Gasteiger partial charge on any atom is 0.318 e. The Hall–Kier alpha value is -3.91. The van der Waals surface area contributed by atoms with Gasteiger partial charge in [0.15, 0.2) is 0 Å². The van der Waals surface area contributed by atoms with Crippen molar-refractivity contribution in [1.29, 1.82) is 0 Å². The minimum Gasteiger partial charge on any atom is -0.468 e. The molecule has 2 heterocycles. The van der Waals surface area contributed by atoms with Crippen LogP contribution in [0.3, 0.4) is 0 Å². The topological polar surface area (TPSA) is 92.8 Å². The van der Waals surface area contributed by atoms with E-state index in [1.807, 2.05) is 49.4 Å². The minimum absolute atomic E-state index is 0.0879. The van der Waals surface area contributed by atoms with Crippen LogP contribution in [0, 0.1) is 12.3 Å². The van der Waals surface area contributed by atoms with Crippen LogP contribution >= 0.6 is 0 Å². The Morgan fingerprint density at radius 2 is 1.63 bits per heavy atom. The smallest absolute Gasteiger partial charge is 0.318 e. The lowest BCUT2D eigenvalue weighted by molar-refractivity contribution is -0.149. The van der Waals surface area contributed by atoms with Crippen molar-refractivity contribution < 1.29 is 22.7 Å². The number of benzene rings is 3. The first-order valence-electron chi connectivity index (χ1n) is 12.6. The number of hydrogen-bond acceptors (Lipinski definition) is 5. The summed E-state index contributed by atoms with van der Waals surface area (Å²) in [5.41, 5.74) is 2.43. The van der Waals surface area contributed by atoms with Crippen molar-refractivity contribution in [1.82, 2.24) is 5.32 Å². The molecule has 7 nitrogen and oxygen atoms in total. The molecule has 1 fully saturated rings. The Balaban J connectivity index is 1.67. The summed E-state index contributed by atoms with van der Waals surface area (Å²) in [6.45, 7) is 1.77. The first kappa shape index (κ1) is 24.4. The number of sulfonamides is 1. The van der Waals surface area contributed by atoms with E-state index in [4.69, 9.17) is 4.74 Å². The SMILES string of the molecule is COC(=O)C12CN(S(=O)(=O)c3ccc(C)cc3)c3ccccc3C1=C(c1ccccc1)C1(CCC(=O)N1)C2. The lowest BCUT2D eigenvalue weighted by atomic mass is 9.73. The molecule has 2 atom stereocenters. The molecule has 0 aromatic heterocycles. The quantitative estimate of drug-likeness (QED) is 0.509. The van der Waals surface area contributed by atoms with Gasteiger partial charge in [0.25, 0.3) is 10.0 Å². The van der Waals surface area contributed by atoms with Crippen molar-refractivity contribution >= 4 is 38.7 Å². The Kier molecular flexibility index (Phi) is 5.50. The van der Waals surface area contributed by atoms with Gasteiger partial charge < -0.3 is 10.1 Å². The average molecular weight is 529 g/mol. The lowest BCUT2D eigenvalue weighted by Crippen LogP contribution is -2.51. The largest absolute Gasteiger partial charge is 0.468 e. The second kappa shape index (κ2) is 8.56. The molecular formula is C30H28N2O5S. The molecule has 6 rings (SSSR count). The zero-order valence-electron chi connectivity index (χ0n) is 21.2. The Morgan fingerprint density at radius 3 is 2.29 bits per heavy atom. The fourth-order valence-electron chi connectivity index (χ4n) is 6.48. The number of ether oxygens (including phenoxy) is 1. The van der Waals surface area contributed by atoms with Crippen LogP contribution < -0.4 is 9.62 Å². The highest BCUT2D eigenvalue weighted by Crippen LogP contribution is 2.63. The van der Waals surface area contributed by atoms with Gasteiger partial charge in [-0.3, -0.25) is 13.9 Å². The number of nitrogens with one attached hydrogen (secondary N) is 1. The standard InChI is InChI=1S/C30H28N2O5S/c1-20-12-14-22(15-13-20)38(35,36)32-19-29(28(34)37-2)18-30(17-16-25(33)31-30)26(21-8-4-3-5-9-21)27(29)23-10-6-7-11-24(23)32/h3-15H,16-19H2,1-2H3,(H,31,33). The van der Waals surface area contributed by atoms with E-state index in [1.165, 1.54) is 11.4 Å². The summed E-state index contributed by atoms with van der Waals surface area (Å²) in [5.74, 6) is -0.604. The van der Waals surface area contributed by atoms with Crippen LogP contribution in [0.2, 0.25) is 0 Å². The van der Waals surface area contributed by atoms with Crippen LogP contribution in [0.5, 0.6) is 0 Å². The Labute approximate surface area is 222 Å². The number of rotatable bonds is 4. The monoisotopic (exact) mass is 528 g/mol. The Morgan fingerprint density at radius 1 is 0.947 bits per heavy atom. The third-order valence-electron chi connectivity index (χ3n) is 8.07. The van der Waals surface area contributed by atoms with Crippen LogP contribution in [0.25, 0.3) is 11.1 Å². The van der Waals surface area contributed by atoms with Gasteiger partial charge in [-0.15, -0.1) is 0 Å².